The number of hydrogen-bond donors (Lipinski definition) is 1. The molecule has 0 radical (unpaired) electrons. The summed E-state index contributed by atoms with van der Waals surface area (Å²) in [4.78, 5) is 2.59. The highest BCUT2D eigenvalue weighted by Gasteiger charge is 2.25. The van der Waals surface area contributed by atoms with Gasteiger partial charge in [0.2, 0.25) is 0 Å². The topological polar surface area (TPSA) is 41.3 Å². The largest absolute Gasteiger partial charge is 0.356 e. The lowest BCUT2D eigenvalue weighted by molar-refractivity contribution is 0.189. The lowest BCUT2D eigenvalue weighted by atomic mass is 9.90. The molecule has 2 fully saturated rings. The summed E-state index contributed by atoms with van der Waals surface area (Å²) in [6.45, 7) is 5.85. The van der Waals surface area contributed by atoms with E-state index in [9.17, 15) is 4.39 Å². The summed E-state index contributed by atoms with van der Waals surface area (Å²) in [5, 5.41) is 8.72. The molecule has 4 rings (SSSR count). The molecule has 0 aliphatic carbocycles. The molecule has 1 unspecified atom stereocenters. The molecule has 1 aromatic heterocycles. The predicted molar refractivity (Wildman–Crippen MR) is 92.6 cm³/mol. The average molecular weight is 331 g/mol. The Morgan fingerprint density at radius 2 is 2.12 bits per heavy atom. The summed E-state index contributed by atoms with van der Waals surface area (Å²) in [6.07, 6.45) is 6.24. The summed E-state index contributed by atoms with van der Waals surface area (Å²) >= 11 is 0. The summed E-state index contributed by atoms with van der Waals surface area (Å²) in [5.41, 5.74) is 1.58. The minimum absolute atomic E-state index is 0.266. The molecule has 2 aliphatic rings. The van der Waals surface area contributed by atoms with Crippen LogP contribution >= 0.6 is 0 Å². The fraction of sp³-hybridized carbons (Fsp3) is 0.632. The maximum atomic E-state index is 13.3. The van der Waals surface area contributed by atoms with Gasteiger partial charge >= 0.3 is 0 Å². The van der Waals surface area contributed by atoms with Gasteiger partial charge < -0.3 is 14.7 Å². The number of fused-ring (bicyclic) bond motifs is 1. The molecule has 1 aromatic carbocycles. The molecular weight excluding hydrogens is 305 g/mol. The number of benzene rings is 1. The third kappa shape index (κ3) is 3.47. The first-order chi connectivity index (χ1) is 11.8. The van der Waals surface area contributed by atoms with Crippen molar-refractivity contribution in [3.05, 3.63) is 29.7 Å². The second-order valence-electron chi connectivity index (χ2n) is 7.33. The van der Waals surface area contributed by atoms with Gasteiger partial charge in [-0.3, -0.25) is 0 Å². The second kappa shape index (κ2) is 7.19. The molecule has 3 heterocycles. The molecule has 130 valence electrons. The van der Waals surface area contributed by atoms with Gasteiger partial charge in [0.1, 0.15) is 5.82 Å². The molecule has 2 aliphatic heterocycles. The first-order valence-electron chi connectivity index (χ1n) is 9.27. The molecule has 0 bridgehead atoms. The van der Waals surface area contributed by atoms with E-state index in [1.54, 1.807) is 6.07 Å². The highest BCUT2D eigenvalue weighted by atomic mass is 19.1. The van der Waals surface area contributed by atoms with Crippen LogP contribution in [0.15, 0.2) is 22.7 Å². The van der Waals surface area contributed by atoms with Gasteiger partial charge in [0, 0.05) is 17.4 Å². The van der Waals surface area contributed by atoms with Gasteiger partial charge in [0.15, 0.2) is 5.58 Å². The molecule has 1 atom stereocenters. The SMILES string of the molecule is Fc1ccc2c(C3CCN(CCC4CCCNC4)CC3)noc2c1. The number of rotatable bonds is 4. The van der Waals surface area contributed by atoms with Crippen molar-refractivity contribution < 1.29 is 8.91 Å². The molecule has 4 nitrogen and oxygen atoms in total. The zero-order valence-corrected chi connectivity index (χ0v) is 14.1. The Labute approximate surface area is 142 Å². The van der Waals surface area contributed by atoms with Crippen LogP contribution in [0.2, 0.25) is 0 Å². The quantitative estimate of drug-likeness (QED) is 0.930. The van der Waals surface area contributed by atoms with Crippen molar-refractivity contribution in [2.45, 2.75) is 38.0 Å². The van der Waals surface area contributed by atoms with Crippen LogP contribution in [0, 0.1) is 11.7 Å². The van der Waals surface area contributed by atoms with E-state index < -0.39 is 0 Å². The van der Waals surface area contributed by atoms with Gasteiger partial charge in [-0.15, -0.1) is 0 Å². The fourth-order valence-corrected chi connectivity index (χ4v) is 4.19. The number of halogens is 1. The average Bonchev–Trinajstić information content (AvgIpc) is 3.04. The molecule has 5 heteroatoms. The second-order valence-corrected chi connectivity index (χ2v) is 7.33. The molecule has 0 saturated carbocycles. The normalized spacial score (nSPS) is 23.8. The highest BCUT2D eigenvalue weighted by Crippen LogP contribution is 2.33. The van der Waals surface area contributed by atoms with Crippen LogP contribution in [0.25, 0.3) is 11.0 Å². The summed E-state index contributed by atoms with van der Waals surface area (Å²) in [6, 6.07) is 4.73. The summed E-state index contributed by atoms with van der Waals surface area (Å²) < 4.78 is 18.6. The first-order valence-corrected chi connectivity index (χ1v) is 9.27. The number of nitrogens with one attached hydrogen (secondary N) is 1. The van der Waals surface area contributed by atoms with E-state index in [-0.39, 0.29) is 5.82 Å². The van der Waals surface area contributed by atoms with E-state index in [0.717, 1.165) is 42.9 Å². The number of likely N-dealkylation sites (tertiary alicyclic amines) is 1. The third-order valence-electron chi connectivity index (χ3n) is 5.69. The van der Waals surface area contributed by atoms with Crippen LogP contribution in [0.3, 0.4) is 0 Å². The molecule has 2 saturated heterocycles. The Kier molecular flexibility index (Phi) is 4.81. The molecular formula is C19H26FN3O. The van der Waals surface area contributed by atoms with E-state index in [4.69, 9.17) is 4.52 Å². The Morgan fingerprint density at radius 3 is 2.92 bits per heavy atom. The lowest BCUT2D eigenvalue weighted by Crippen LogP contribution is -2.37. The van der Waals surface area contributed by atoms with Crippen molar-refractivity contribution in [2.24, 2.45) is 5.92 Å². The number of hydrogen-bond acceptors (Lipinski definition) is 4. The zero-order chi connectivity index (χ0) is 16.4. The predicted octanol–water partition coefficient (Wildman–Crippen LogP) is 3.54. The minimum atomic E-state index is -0.266. The van der Waals surface area contributed by atoms with Gasteiger partial charge in [-0.1, -0.05) is 5.16 Å². The molecule has 24 heavy (non-hydrogen) atoms. The Morgan fingerprint density at radius 1 is 1.25 bits per heavy atom. The Bertz CT molecular complexity index is 672. The van der Waals surface area contributed by atoms with E-state index in [1.807, 2.05) is 0 Å². The van der Waals surface area contributed by atoms with Crippen molar-refractivity contribution in [3.8, 4) is 0 Å². The van der Waals surface area contributed by atoms with Crippen molar-refractivity contribution in [2.75, 3.05) is 32.7 Å². The van der Waals surface area contributed by atoms with Crippen LogP contribution in [0.1, 0.15) is 43.7 Å². The van der Waals surface area contributed by atoms with E-state index >= 15 is 0 Å². The van der Waals surface area contributed by atoms with Crippen molar-refractivity contribution >= 4 is 11.0 Å². The monoisotopic (exact) mass is 331 g/mol. The van der Waals surface area contributed by atoms with E-state index in [0.29, 0.717) is 11.5 Å². The maximum absolute atomic E-state index is 13.3. The lowest BCUT2D eigenvalue weighted by Gasteiger charge is -2.32. The molecule has 0 amide bonds. The number of piperidine rings is 2. The maximum Gasteiger partial charge on any atom is 0.170 e. The van der Waals surface area contributed by atoms with Gasteiger partial charge in [-0.2, -0.15) is 0 Å². The van der Waals surface area contributed by atoms with Crippen molar-refractivity contribution in [1.29, 1.82) is 0 Å². The molecule has 1 N–H and O–H groups in total. The Balaban J connectivity index is 1.32. The first kappa shape index (κ1) is 16.0. The van der Waals surface area contributed by atoms with E-state index in [1.165, 1.54) is 51.0 Å². The van der Waals surface area contributed by atoms with Crippen LogP contribution in [0.4, 0.5) is 4.39 Å². The van der Waals surface area contributed by atoms with Gasteiger partial charge in [0.25, 0.3) is 0 Å². The van der Waals surface area contributed by atoms with Crippen LogP contribution in [-0.4, -0.2) is 42.8 Å². The van der Waals surface area contributed by atoms with Crippen LogP contribution < -0.4 is 5.32 Å². The standard InChI is InChI=1S/C19H26FN3O/c20-16-3-4-17-18(12-16)24-22-19(17)15-6-10-23(11-7-15)9-5-14-2-1-8-21-13-14/h3-4,12,14-15,21H,1-2,5-11,13H2. The smallest absolute Gasteiger partial charge is 0.170 e. The third-order valence-corrected chi connectivity index (χ3v) is 5.69. The van der Waals surface area contributed by atoms with E-state index in [2.05, 4.69) is 15.4 Å². The van der Waals surface area contributed by atoms with Gasteiger partial charge in [-0.05, 0) is 82.9 Å². The van der Waals surface area contributed by atoms with Crippen molar-refractivity contribution in [3.63, 3.8) is 0 Å². The number of aromatic nitrogens is 1. The van der Waals surface area contributed by atoms with Crippen LogP contribution in [0.5, 0.6) is 0 Å². The van der Waals surface area contributed by atoms with Crippen LogP contribution in [-0.2, 0) is 0 Å². The van der Waals surface area contributed by atoms with Gasteiger partial charge in [0.05, 0.1) is 5.69 Å². The van der Waals surface area contributed by atoms with Crippen molar-refractivity contribution in [1.82, 2.24) is 15.4 Å². The molecule has 2 aromatic rings. The van der Waals surface area contributed by atoms with Gasteiger partial charge in [-0.25, -0.2) is 4.39 Å². The summed E-state index contributed by atoms with van der Waals surface area (Å²) in [5.74, 6) is 1.02. The summed E-state index contributed by atoms with van der Waals surface area (Å²) in [7, 11) is 0. The fourth-order valence-electron chi connectivity index (χ4n) is 4.19. The number of nitrogens with zero attached hydrogens (tertiary/aromatic N) is 2. The highest BCUT2D eigenvalue weighted by molar-refractivity contribution is 5.79. The zero-order valence-electron chi connectivity index (χ0n) is 14.1. The minimum Gasteiger partial charge on any atom is -0.356 e. The Hall–Kier alpha value is -1.46. The molecule has 0 spiro atoms.